The summed E-state index contributed by atoms with van der Waals surface area (Å²) in [5.41, 5.74) is 5.25. The number of aliphatic imine (C=N–C) groups is 1. The third-order valence-corrected chi connectivity index (χ3v) is 11.5. The summed E-state index contributed by atoms with van der Waals surface area (Å²) >= 11 is 6.34. The minimum absolute atomic E-state index is 0.0856. The largest absolute Gasteiger partial charge is 0.378 e. The highest BCUT2D eigenvalue weighted by molar-refractivity contribution is 6.31. The Morgan fingerprint density at radius 3 is 2.24 bits per heavy atom. The lowest BCUT2D eigenvalue weighted by molar-refractivity contribution is -0.127. The number of amides is 4. The molecule has 0 saturated heterocycles. The van der Waals surface area contributed by atoms with Gasteiger partial charge in [-0.3, -0.25) is 24.2 Å². The molecule has 17 nitrogen and oxygen atoms in total. The summed E-state index contributed by atoms with van der Waals surface area (Å²) in [6, 6.07) is 20.1. The number of aromatic nitrogens is 2. The van der Waals surface area contributed by atoms with Crippen LogP contribution in [-0.4, -0.2) is 123 Å². The summed E-state index contributed by atoms with van der Waals surface area (Å²) in [5.74, 6) is -1.94. The average Bonchev–Trinajstić information content (AvgIpc) is 3.51. The molecule has 71 heavy (non-hydrogen) atoms. The standard InChI is InChI=1S/C51H56ClF2N9O8/c1-33-5-3-8-44(41(33)30-63(32-65)38(31-64)14-16-45(66)55-2)61-46(67)17-18-56-19-21-69-23-25-71-26-24-70-22-20-57-50(68)34-9-12-37(13-10-34)60-51-59-29-35-28-58-49(47-42(53)6-4-7-43(47)54)40-27-36(52)11-15-39(40)48(35)62-51/h3-13,15,27,29,31-32,38,56H,14,16-26,28,30H2,1-2H3,(H,55,66)(H,57,68)(H,61,67)(H,59,60,62). The van der Waals surface area contributed by atoms with Crippen molar-refractivity contribution in [2.24, 2.45) is 4.99 Å². The number of fused-ring (bicyclic) bond motifs is 3. The van der Waals surface area contributed by atoms with Crippen LogP contribution in [0.25, 0.3) is 11.3 Å². The van der Waals surface area contributed by atoms with Crippen LogP contribution in [0.4, 0.5) is 26.1 Å². The molecule has 0 saturated carbocycles. The fraction of sp³-hybridized carbons (Fsp3) is 0.333. The lowest BCUT2D eigenvalue weighted by atomic mass is 9.95. The number of nitrogens with zero attached hydrogens (tertiary/aromatic N) is 4. The number of aldehydes is 1. The number of hydrogen-bond acceptors (Lipinski definition) is 13. The quantitative estimate of drug-likeness (QED) is 0.0292. The summed E-state index contributed by atoms with van der Waals surface area (Å²) in [4.78, 5) is 76.0. The van der Waals surface area contributed by atoms with Crippen LogP contribution in [0.15, 0.2) is 90.1 Å². The fourth-order valence-electron chi connectivity index (χ4n) is 7.48. The lowest BCUT2D eigenvalue weighted by Gasteiger charge is -2.26. The number of rotatable bonds is 28. The Kier molecular flexibility index (Phi) is 20.6. The number of carbonyl (C=O) groups is 5. The molecular weight excluding hydrogens is 940 g/mol. The van der Waals surface area contributed by atoms with Gasteiger partial charge in [-0.15, -0.1) is 0 Å². The van der Waals surface area contributed by atoms with E-state index in [1.165, 1.54) is 30.1 Å². The minimum atomic E-state index is -0.787. The zero-order chi connectivity index (χ0) is 50.5. The Labute approximate surface area is 415 Å². The third-order valence-electron chi connectivity index (χ3n) is 11.3. The monoisotopic (exact) mass is 995 g/mol. The van der Waals surface area contributed by atoms with Crippen molar-refractivity contribution < 1.29 is 47.0 Å². The van der Waals surface area contributed by atoms with E-state index in [1.807, 2.05) is 13.0 Å². The van der Waals surface area contributed by atoms with Crippen molar-refractivity contribution in [1.82, 2.24) is 30.8 Å². The molecule has 374 valence electrons. The molecule has 4 amide bonds. The first-order valence-electron chi connectivity index (χ1n) is 23.0. The molecule has 1 aliphatic rings. The summed E-state index contributed by atoms with van der Waals surface area (Å²) in [6.45, 7) is 5.39. The Morgan fingerprint density at radius 1 is 0.831 bits per heavy atom. The summed E-state index contributed by atoms with van der Waals surface area (Å²) in [7, 11) is 1.51. The van der Waals surface area contributed by atoms with Gasteiger partial charge >= 0.3 is 0 Å². The number of ether oxygens (including phenoxy) is 3. The van der Waals surface area contributed by atoms with Crippen molar-refractivity contribution in [2.45, 2.75) is 45.3 Å². The van der Waals surface area contributed by atoms with Gasteiger partial charge in [0.05, 0.1) is 69.2 Å². The number of anilines is 3. The maximum atomic E-state index is 14.9. The van der Waals surface area contributed by atoms with Crippen LogP contribution >= 0.6 is 11.6 Å². The number of carbonyl (C=O) groups excluding carboxylic acids is 5. The Balaban J connectivity index is 0.814. The molecule has 20 heteroatoms. The predicted octanol–water partition coefficient (Wildman–Crippen LogP) is 5.93. The van der Waals surface area contributed by atoms with E-state index >= 15 is 0 Å². The van der Waals surface area contributed by atoms with Crippen LogP contribution in [0.2, 0.25) is 5.02 Å². The molecule has 1 aromatic heterocycles. The molecule has 0 radical (unpaired) electrons. The fourth-order valence-corrected chi connectivity index (χ4v) is 7.65. The number of aryl methyl sites for hydroxylation is 1. The van der Waals surface area contributed by atoms with E-state index in [0.717, 1.165) is 5.56 Å². The highest BCUT2D eigenvalue weighted by Gasteiger charge is 2.26. The van der Waals surface area contributed by atoms with Gasteiger partial charge in [0.25, 0.3) is 5.91 Å². The van der Waals surface area contributed by atoms with Crippen molar-refractivity contribution in [2.75, 3.05) is 77.0 Å². The van der Waals surface area contributed by atoms with Gasteiger partial charge in [0, 0.05) is 90.9 Å². The minimum Gasteiger partial charge on any atom is -0.378 e. The molecule has 0 aliphatic carbocycles. The first-order valence-corrected chi connectivity index (χ1v) is 23.4. The topological polar surface area (TPSA) is 215 Å². The SMILES string of the molecule is CNC(=O)CCC(C=O)N(C=O)Cc1c(C)cccc1NC(=O)CCNCCOCCOCCOCCNC(=O)c1ccc(Nc2ncc3c(n2)-c2ccc(Cl)cc2C(c2c(F)cccc2F)=NC3)cc1. The van der Waals surface area contributed by atoms with Gasteiger partial charge < -0.3 is 50.5 Å². The molecular formula is C51H56ClF2N9O8. The maximum absolute atomic E-state index is 14.9. The second kappa shape index (κ2) is 27.4. The lowest BCUT2D eigenvalue weighted by Crippen LogP contribution is -2.36. The van der Waals surface area contributed by atoms with Crippen molar-refractivity contribution in [3.8, 4) is 11.3 Å². The molecule has 5 aromatic rings. The van der Waals surface area contributed by atoms with Crippen LogP contribution in [0.5, 0.6) is 0 Å². The molecule has 0 bridgehead atoms. The molecule has 0 spiro atoms. The van der Waals surface area contributed by atoms with Crippen molar-refractivity contribution in [3.05, 3.63) is 135 Å². The molecule has 1 atom stereocenters. The van der Waals surface area contributed by atoms with E-state index in [9.17, 15) is 32.8 Å². The van der Waals surface area contributed by atoms with E-state index in [1.54, 1.807) is 60.8 Å². The van der Waals surface area contributed by atoms with E-state index in [0.29, 0.717) is 115 Å². The summed E-state index contributed by atoms with van der Waals surface area (Å²) < 4.78 is 46.6. The average molecular weight is 997 g/mol. The van der Waals surface area contributed by atoms with E-state index in [4.69, 9.17) is 30.8 Å². The second-order valence-electron chi connectivity index (χ2n) is 16.2. The van der Waals surface area contributed by atoms with Gasteiger partial charge in [-0.2, -0.15) is 0 Å². The molecule has 1 unspecified atom stereocenters. The summed E-state index contributed by atoms with van der Waals surface area (Å²) in [5, 5.41) is 14.9. The highest BCUT2D eigenvalue weighted by Crippen LogP contribution is 2.35. The van der Waals surface area contributed by atoms with Gasteiger partial charge in [0.1, 0.15) is 17.9 Å². The second-order valence-corrected chi connectivity index (χ2v) is 16.6. The predicted molar refractivity (Wildman–Crippen MR) is 265 cm³/mol. The smallest absolute Gasteiger partial charge is 0.251 e. The van der Waals surface area contributed by atoms with Crippen LogP contribution in [0, 0.1) is 18.6 Å². The van der Waals surface area contributed by atoms with Crippen LogP contribution < -0.4 is 26.6 Å². The number of hydrogen-bond donors (Lipinski definition) is 5. The summed E-state index contributed by atoms with van der Waals surface area (Å²) in [6.07, 6.45) is 3.31. The van der Waals surface area contributed by atoms with Gasteiger partial charge in [-0.05, 0) is 79.1 Å². The number of halogens is 3. The molecule has 0 fully saturated rings. The number of benzene rings is 4. The Morgan fingerprint density at radius 2 is 1.54 bits per heavy atom. The Hall–Kier alpha value is -7.03. The van der Waals surface area contributed by atoms with E-state index in [2.05, 4.69) is 36.6 Å². The van der Waals surface area contributed by atoms with Gasteiger partial charge in [0.15, 0.2) is 0 Å². The normalized spacial score (nSPS) is 12.1. The Bertz CT molecular complexity index is 2660. The zero-order valence-electron chi connectivity index (χ0n) is 39.4. The zero-order valence-corrected chi connectivity index (χ0v) is 40.2. The first-order chi connectivity index (χ1) is 34.5. The van der Waals surface area contributed by atoms with Gasteiger partial charge in [-0.1, -0.05) is 35.9 Å². The van der Waals surface area contributed by atoms with Crippen LogP contribution in [-0.2, 0) is 46.5 Å². The molecule has 2 heterocycles. The van der Waals surface area contributed by atoms with Crippen molar-refractivity contribution in [3.63, 3.8) is 0 Å². The number of nitrogens with one attached hydrogen (secondary N) is 5. The molecule has 6 rings (SSSR count). The van der Waals surface area contributed by atoms with Crippen molar-refractivity contribution in [1.29, 1.82) is 0 Å². The van der Waals surface area contributed by atoms with E-state index < -0.39 is 17.7 Å². The van der Waals surface area contributed by atoms with Crippen LogP contribution in [0.3, 0.4) is 0 Å². The van der Waals surface area contributed by atoms with Crippen molar-refractivity contribution >= 4 is 65.1 Å². The maximum Gasteiger partial charge on any atom is 0.251 e. The third kappa shape index (κ3) is 15.5. The molecule has 1 aliphatic heterocycles. The van der Waals surface area contributed by atoms with Crippen LogP contribution in [0.1, 0.15) is 57.4 Å². The first kappa shape index (κ1) is 53.3. The van der Waals surface area contributed by atoms with Gasteiger partial charge in [-0.25, -0.2) is 18.7 Å². The molecule has 4 aromatic carbocycles. The van der Waals surface area contributed by atoms with E-state index in [-0.39, 0.29) is 73.9 Å². The highest BCUT2D eigenvalue weighted by atomic mass is 35.5. The van der Waals surface area contributed by atoms with Gasteiger partial charge in [0.2, 0.25) is 24.2 Å². The molecule has 5 N–H and O–H groups in total.